The van der Waals surface area contributed by atoms with E-state index in [4.69, 9.17) is 5.26 Å². The molecule has 4 heteroatoms. The average Bonchev–Trinajstić information content (AvgIpc) is 2.14. The molecular weight excluding hydrogens is 198 g/mol. The van der Waals surface area contributed by atoms with Gasteiger partial charge in [0.15, 0.2) is 9.84 Å². The lowest BCUT2D eigenvalue weighted by atomic mass is 10.1. The Balaban J connectivity index is 2.91. The van der Waals surface area contributed by atoms with Crippen molar-refractivity contribution in [2.24, 2.45) is 0 Å². The second kappa shape index (κ2) is 4.07. The second-order valence-electron chi connectivity index (χ2n) is 2.87. The highest BCUT2D eigenvalue weighted by Gasteiger charge is 1.94. The van der Waals surface area contributed by atoms with Gasteiger partial charge >= 0.3 is 0 Å². The molecule has 14 heavy (non-hydrogen) atoms. The van der Waals surface area contributed by atoms with Gasteiger partial charge in [0.25, 0.3) is 0 Å². The number of sulfone groups is 1. The van der Waals surface area contributed by atoms with E-state index in [0.717, 1.165) is 17.2 Å². The Morgan fingerprint density at radius 3 is 2.29 bits per heavy atom. The normalized spacial score (nSPS) is 11.4. The van der Waals surface area contributed by atoms with Gasteiger partial charge in [-0.1, -0.05) is 12.1 Å². The summed E-state index contributed by atoms with van der Waals surface area (Å²) < 4.78 is 21.6. The van der Waals surface area contributed by atoms with Gasteiger partial charge in [-0.05, 0) is 23.8 Å². The molecule has 0 aliphatic heterocycles. The van der Waals surface area contributed by atoms with E-state index in [0.29, 0.717) is 5.56 Å². The molecule has 0 N–H and O–H groups in total. The van der Waals surface area contributed by atoms with E-state index in [2.05, 4.69) is 0 Å². The standard InChI is InChI=1S/C10H9NO2S/c1-14(12,13)7-6-9-2-4-10(8-11)5-3-9/h2-7H,1H3/b7-6+. The Kier molecular flexibility index (Phi) is 3.05. The first-order chi connectivity index (χ1) is 6.51. The van der Waals surface area contributed by atoms with Crippen molar-refractivity contribution < 1.29 is 8.42 Å². The molecule has 0 saturated heterocycles. The Morgan fingerprint density at radius 2 is 1.86 bits per heavy atom. The van der Waals surface area contributed by atoms with Gasteiger partial charge < -0.3 is 0 Å². The van der Waals surface area contributed by atoms with Gasteiger partial charge in [0.2, 0.25) is 0 Å². The second-order valence-corrected chi connectivity index (χ2v) is 4.80. The van der Waals surface area contributed by atoms with Gasteiger partial charge in [-0.15, -0.1) is 0 Å². The van der Waals surface area contributed by atoms with Crippen LogP contribution in [0.15, 0.2) is 29.7 Å². The van der Waals surface area contributed by atoms with Crippen LogP contribution in [-0.4, -0.2) is 14.7 Å². The van der Waals surface area contributed by atoms with Crippen LogP contribution in [-0.2, 0) is 9.84 Å². The molecule has 0 fully saturated rings. The maximum atomic E-state index is 10.8. The van der Waals surface area contributed by atoms with E-state index >= 15 is 0 Å². The first-order valence-electron chi connectivity index (χ1n) is 3.89. The van der Waals surface area contributed by atoms with E-state index in [1.165, 1.54) is 6.08 Å². The summed E-state index contributed by atoms with van der Waals surface area (Å²) in [7, 11) is -3.08. The summed E-state index contributed by atoms with van der Waals surface area (Å²) >= 11 is 0. The minimum atomic E-state index is -3.08. The quantitative estimate of drug-likeness (QED) is 0.739. The van der Waals surface area contributed by atoms with Crippen LogP contribution in [0.3, 0.4) is 0 Å². The molecule has 0 unspecified atom stereocenters. The molecule has 0 aliphatic rings. The minimum Gasteiger partial charge on any atom is -0.225 e. The number of hydrogen-bond acceptors (Lipinski definition) is 3. The third-order valence-corrected chi connectivity index (χ3v) is 2.18. The molecule has 0 spiro atoms. The fraction of sp³-hybridized carbons (Fsp3) is 0.100. The third-order valence-electron chi connectivity index (χ3n) is 1.55. The molecule has 0 bridgehead atoms. The van der Waals surface area contributed by atoms with Crippen LogP contribution < -0.4 is 0 Å². The summed E-state index contributed by atoms with van der Waals surface area (Å²) in [4.78, 5) is 0. The number of nitrogens with zero attached hydrogens (tertiary/aromatic N) is 1. The largest absolute Gasteiger partial charge is 0.225 e. The van der Waals surface area contributed by atoms with E-state index < -0.39 is 9.84 Å². The van der Waals surface area contributed by atoms with Crippen LogP contribution in [0.1, 0.15) is 11.1 Å². The van der Waals surface area contributed by atoms with Crippen LogP contribution in [0, 0.1) is 11.3 Å². The lowest BCUT2D eigenvalue weighted by Gasteiger charge is -1.92. The van der Waals surface area contributed by atoms with Gasteiger partial charge in [0.05, 0.1) is 11.6 Å². The van der Waals surface area contributed by atoms with Crippen molar-refractivity contribution in [1.82, 2.24) is 0 Å². The highest BCUT2D eigenvalue weighted by Crippen LogP contribution is 2.05. The molecule has 0 atom stereocenters. The van der Waals surface area contributed by atoms with Crippen molar-refractivity contribution in [2.75, 3.05) is 6.26 Å². The highest BCUT2D eigenvalue weighted by molar-refractivity contribution is 7.93. The molecule has 0 radical (unpaired) electrons. The summed E-state index contributed by atoms with van der Waals surface area (Å²) in [6.45, 7) is 0. The Morgan fingerprint density at radius 1 is 1.29 bits per heavy atom. The lowest BCUT2D eigenvalue weighted by molar-refractivity contribution is 0.610. The van der Waals surface area contributed by atoms with E-state index in [1.54, 1.807) is 24.3 Å². The summed E-state index contributed by atoms with van der Waals surface area (Å²) in [5.74, 6) is 0. The molecule has 3 nitrogen and oxygen atoms in total. The first-order valence-corrected chi connectivity index (χ1v) is 5.85. The zero-order chi connectivity index (χ0) is 10.6. The van der Waals surface area contributed by atoms with Crippen molar-refractivity contribution in [1.29, 1.82) is 5.26 Å². The van der Waals surface area contributed by atoms with E-state index in [9.17, 15) is 8.42 Å². The number of benzene rings is 1. The zero-order valence-corrected chi connectivity index (χ0v) is 8.45. The average molecular weight is 207 g/mol. The zero-order valence-electron chi connectivity index (χ0n) is 7.64. The van der Waals surface area contributed by atoms with Crippen molar-refractivity contribution in [3.8, 4) is 6.07 Å². The van der Waals surface area contributed by atoms with Crippen molar-refractivity contribution in [3.05, 3.63) is 40.8 Å². The van der Waals surface area contributed by atoms with Crippen molar-refractivity contribution in [3.63, 3.8) is 0 Å². The minimum absolute atomic E-state index is 0.557. The Hall–Kier alpha value is -1.60. The maximum absolute atomic E-state index is 10.8. The molecule has 1 aromatic rings. The number of hydrogen-bond donors (Lipinski definition) is 0. The first kappa shape index (κ1) is 10.5. The van der Waals surface area contributed by atoms with Crippen LogP contribution in [0.25, 0.3) is 6.08 Å². The van der Waals surface area contributed by atoms with Gasteiger partial charge in [0.1, 0.15) is 0 Å². The summed E-state index contributed by atoms with van der Waals surface area (Å²) in [6.07, 6.45) is 2.63. The SMILES string of the molecule is CS(=O)(=O)/C=C/c1ccc(C#N)cc1. The summed E-state index contributed by atoms with van der Waals surface area (Å²) in [6, 6.07) is 8.66. The number of nitriles is 1. The fourth-order valence-electron chi connectivity index (χ4n) is 0.871. The molecule has 0 aliphatic carbocycles. The molecule has 0 heterocycles. The van der Waals surface area contributed by atoms with Crippen molar-refractivity contribution >= 4 is 15.9 Å². The topological polar surface area (TPSA) is 57.9 Å². The summed E-state index contributed by atoms with van der Waals surface area (Å²) in [5, 5.41) is 9.66. The molecule has 0 amide bonds. The predicted octanol–water partition coefficient (Wildman–Crippen LogP) is 1.57. The molecule has 0 aromatic heterocycles. The Labute approximate surface area is 83.2 Å². The van der Waals surface area contributed by atoms with Crippen LogP contribution >= 0.6 is 0 Å². The predicted molar refractivity (Wildman–Crippen MR) is 55.0 cm³/mol. The van der Waals surface area contributed by atoms with Gasteiger partial charge in [0, 0.05) is 11.7 Å². The van der Waals surface area contributed by atoms with E-state index in [1.807, 2.05) is 6.07 Å². The van der Waals surface area contributed by atoms with E-state index in [-0.39, 0.29) is 0 Å². The smallest absolute Gasteiger partial charge is 0.168 e. The third kappa shape index (κ3) is 3.42. The summed E-state index contributed by atoms with van der Waals surface area (Å²) in [5.41, 5.74) is 1.32. The highest BCUT2D eigenvalue weighted by atomic mass is 32.2. The Bertz CT molecular complexity index is 478. The monoisotopic (exact) mass is 207 g/mol. The van der Waals surface area contributed by atoms with Gasteiger partial charge in [-0.25, -0.2) is 8.42 Å². The number of rotatable bonds is 2. The molecular formula is C10H9NO2S. The van der Waals surface area contributed by atoms with Crippen LogP contribution in [0.4, 0.5) is 0 Å². The lowest BCUT2D eigenvalue weighted by Crippen LogP contribution is -1.87. The van der Waals surface area contributed by atoms with Gasteiger partial charge in [-0.2, -0.15) is 5.26 Å². The van der Waals surface area contributed by atoms with Crippen LogP contribution in [0.2, 0.25) is 0 Å². The van der Waals surface area contributed by atoms with Gasteiger partial charge in [-0.3, -0.25) is 0 Å². The maximum Gasteiger partial charge on any atom is 0.168 e. The van der Waals surface area contributed by atoms with Crippen LogP contribution in [0.5, 0.6) is 0 Å². The molecule has 1 rings (SSSR count). The fourth-order valence-corrected chi connectivity index (χ4v) is 1.28. The molecule has 72 valence electrons. The molecule has 0 saturated carbocycles. The molecule has 1 aromatic carbocycles. The van der Waals surface area contributed by atoms with Crippen molar-refractivity contribution in [2.45, 2.75) is 0 Å².